The molecule has 0 aliphatic heterocycles. The second-order valence-corrected chi connectivity index (χ2v) is 3.92. The Labute approximate surface area is 112 Å². The minimum Gasteiger partial charge on any atom is -0.504 e. The Bertz CT molecular complexity index is 408. The number of hydrogen-bond donors (Lipinski definition) is 3. The van der Waals surface area contributed by atoms with E-state index in [1.165, 1.54) is 18.2 Å². The zero-order valence-electron chi connectivity index (χ0n) is 10.9. The van der Waals surface area contributed by atoms with Gasteiger partial charge in [0.25, 0.3) is 5.91 Å². The van der Waals surface area contributed by atoms with Gasteiger partial charge in [-0.05, 0) is 24.6 Å². The SMILES string of the molecule is COCCOCCCNC(=O)c1ccc(O)c(O)c1. The molecule has 0 heterocycles. The number of phenolic OH excluding ortho intramolecular Hbond substituents is 2. The minimum atomic E-state index is -0.310. The van der Waals surface area contributed by atoms with Crippen LogP contribution in [0.5, 0.6) is 11.5 Å². The van der Waals surface area contributed by atoms with E-state index < -0.39 is 0 Å². The summed E-state index contributed by atoms with van der Waals surface area (Å²) in [6.45, 7) is 2.12. The van der Waals surface area contributed by atoms with Crippen molar-refractivity contribution in [2.45, 2.75) is 6.42 Å². The van der Waals surface area contributed by atoms with Crippen molar-refractivity contribution in [1.82, 2.24) is 5.32 Å². The Hall–Kier alpha value is -1.79. The molecule has 0 spiro atoms. The number of hydrogen-bond acceptors (Lipinski definition) is 5. The van der Waals surface area contributed by atoms with Gasteiger partial charge in [-0.2, -0.15) is 0 Å². The van der Waals surface area contributed by atoms with Gasteiger partial charge in [0.05, 0.1) is 13.2 Å². The van der Waals surface area contributed by atoms with Crippen LogP contribution in [0.3, 0.4) is 0 Å². The number of amides is 1. The van der Waals surface area contributed by atoms with Crippen molar-refractivity contribution >= 4 is 5.91 Å². The summed E-state index contributed by atoms with van der Waals surface area (Å²) < 4.78 is 10.1. The molecule has 0 saturated carbocycles. The molecule has 19 heavy (non-hydrogen) atoms. The van der Waals surface area contributed by atoms with Gasteiger partial charge >= 0.3 is 0 Å². The van der Waals surface area contributed by atoms with E-state index in [-0.39, 0.29) is 17.4 Å². The molecule has 1 aromatic carbocycles. The summed E-state index contributed by atoms with van der Waals surface area (Å²) in [6, 6.07) is 3.94. The number of methoxy groups -OCH3 is 1. The molecular formula is C13H19NO5. The van der Waals surface area contributed by atoms with Crippen molar-refractivity contribution in [3.8, 4) is 11.5 Å². The molecule has 6 nitrogen and oxygen atoms in total. The van der Waals surface area contributed by atoms with Crippen molar-refractivity contribution < 1.29 is 24.5 Å². The Kier molecular flexibility index (Phi) is 6.70. The Morgan fingerprint density at radius 2 is 2.00 bits per heavy atom. The number of nitrogens with one attached hydrogen (secondary N) is 1. The number of aromatic hydroxyl groups is 2. The van der Waals surface area contributed by atoms with Crippen LogP contribution >= 0.6 is 0 Å². The quantitative estimate of drug-likeness (QED) is 0.481. The highest BCUT2D eigenvalue weighted by Crippen LogP contribution is 2.24. The number of phenols is 2. The fourth-order valence-electron chi connectivity index (χ4n) is 1.39. The molecule has 106 valence electrons. The monoisotopic (exact) mass is 269 g/mol. The summed E-state index contributed by atoms with van der Waals surface area (Å²) in [5.41, 5.74) is 0.301. The van der Waals surface area contributed by atoms with Gasteiger partial charge in [0, 0.05) is 25.8 Å². The predicted molar refractivity (Wildman–Crippen MR) is 69.4 cm³/mol. The molecule has 6 heteroatoms. The molecule has 1 aromatic rings. The topological polar surface area (TPSA) is 88.0 Å². The highest BCUT2D eigenvalue weighted by molar-refractivity contribution is 5.94. The van der Waals surface area contributed by atoms with Crippen LogP contribution in [0.15, 0.2) is 18.2 Å². The lowest BCUT2D eigenvalue weighted by Gasteiger charge is -2.07. The van der Waals surface area contributed by atoms with Gasteiger partial charge in [0.1, 0.15) is 0 Å². The van der Waals surface area contributed by atoms with Gasteiger partial charge in [0.2, 0.25) is 0 Å². The van der Waals surface area contributed by atoms with Crippen LogP contribution in [0.2, 0.25) is 0 Å². The summed E-state index contributed by atoms with van der Waals surface area (Å²) in [5.74, 6) is -0.856. The van der Waals surface area contributed by atoms with E-state index in [0.717, 1.165) is 0 Å². The van der Waals surface area contributed by atoms with E-state index in [9.17, 15) is 9.90 Å². The highest BCUT2D eigenvalue weighted by atomic mass is 16.5. The van der Waals surface area contributed by atoms with Crippen molar-refractivity contribution in [1.29, 1.82) is 0 Å². The van der Waals surface area contributed by atoms with Crippen LogP contribution in [0.25, 0.3) is 0 Å². The zero-order chi connectivity index (χ0) is 14.1. The molecule has 0 bridgehead atoms. The lowest BCUT2D eigenvalue weighted by molar-refractivity contribution is 0.0688. The first-order chi connectivity index (χ1) is 9.15. The van der Waals surface area contributed by atoms with E-state index in [4.69, 9.17) is 14.6 Å². The fraction of sp³-hybridized carbons (Fsp3) is 0.462. The molecule has 0 unspecified atom stereocenters. The minimum absolute atomic E-state index is 0.247. The summed E-state index contributed by atoms with van der Waals surface area (Å²) in [6.07, 6.45) is 0.694. The smallest absolute Gasteiger partial charge is 0.251 e. The van der Waals surface area contributed by atoms with E-state index in [1.54, 1.807) is 7.11 Å². The average Bonchev–Trinajstić information content (AvgIpc) is 2.40. The maximum absolute atomic E-state index is 11.7. The largest absolute Gasteiger partial charge is 0.504 e. The lowest BCUT2D eigenvalue weighted by Crippen LogP contribution is -2.25. The third-order valence-corrected chi connectivity index (χ3v) is 2.42. The normalized spacial score (nSPS) is 10.4. The molecule has 0 aliphatic carbocycles. The van der Waals surface area contributed by atoms with Crippen LogP contribution in [-0.4, -0.2) is 49.6 Å². The number of benzene rings is 1. The van der Waals surface area contributed by atoms with Crippen LogP contribution in [0.4, 0.5) is 0 Å². The molecule has 0 aliphatic rings. The third kappa shape index (κ3) is 5.58. The Morgan fingerprint density at radius 1 is 1.21 bits per heavy atom. The first kappa shape index (κ1) is 15.3. The van der Waals surface area contributed by atoms with Gasteiger partial charge in [0.15, 0.2) is 11.5 Å². The summed E-state index contributed by atoms with van der Waals surface area (Å²) in [7, 11) is 1.61. The predicted octanol–water partition coefficient (Wildman–Crippen LogP) is 0.881. The molecule has 3 N–H and O–H groups in total. The number of carbonyl (C=O) groups is 1. The molecule has 0 aromatic heterocycles. The molecule has 0 radical (unpaired) electrons. The Balaban J connectivity index is 2.22. The highest BCUT2D eigenvalue weighted by Gasteiger charge is 2.07. The molecule has 1 rings (SSSR count). The number of rotatable bonds is 8. The van der Waals surface area contributed by atoms with E-state index >= 15 is 0 Å². The fourth-order valence-corrected chi connectivity index (χ4v) is 1.39. The van der Waals surface area contributed by atoms with Crippen LogP contribution < -0.4 is 5.32 Å². The second kappa shape index (κ2) is 8.34. The number of carbonyl (C=O) groups excluding carboxylic acids is 1. The summed E-state index contributed by atoms with van der Waals surface area (Å²) >= 11 is 0. The van der Waals surface area contributed by atoms with Crippen molar-refractivity contribution in [3.05, 3.63) is 23.8 Å². The maximum atomic E-state index is 11.7. The summed E-state index contributed by atoms with van der Waals surface area (Å²) in [4.78, 5) is 11.7. The third-order valence-electron chi connectivity index (χ3n) is 2.42. The van der Waals surface area contributed by atoms with Crippen LogP contribution in [0.1, 0.15) is 16.8 Å². The van der Waals surface area contributed by atoms with Gasteiger partial charge in [-0.3, -0.25) is 4.79 Å². The Morgan fingerprint density at radius 3 is 2.68 bits per heavy atom. The number of ether oxygens (including phenoxy) is 2. The average molecular weight is 269 g/mol. The molecule has 1 amide bonds. The van der Waals surface area contributed by atoms with Gasteiger partial charge in [-0.25, -0.2) is 0 Å². The maximum Gasteiger partial charge on any atom is 0.251 e. The first-order valence-electron chi connectivity index (χ1n) is 6.02. The van der Waals surface area contributed by atoms with E-state index in [2.05, 4.69) is 5.32 Å². The zero-order valence-corrected chi connectivity index (χ0v) is 10.9. The second-order valence-electron chi connectivity index (χ2n) is 3.92. The van der Waals surface area contributed by atoms with Gasteiger partial charge < -0.3 is 25.0 Å². The van der Waals surface area contributed by atoms with Gasteiger partial charge in [-0.15, -0.1) is 0 Å². The van der Waals surface area contributed by atoms with Gasteiger partial charge in [-0.1, -0.05) is 0 Å². The van der Waals surface area contributed by atoms with Crippen LogP contribution in [-0.2, 0) is 9.47 Å². The molecule has 0 atom stereocenters. The molecule has 0 saturated heterocycles. The summed E-state index contributed by atoms with van der Waals surface area (Å²) in [5, 5.41) is 21.1. The standard InChI is InChI=1S/C13H19NO5/c1-18-7-8-19-6-2-5-14-13(17)10-3-4-11(15)12(16)9-10/h3-4,9,15-16H,2,5-8H2,1H3,(H,14,17). The van der Waals surface area contributed by atoms with E-state index in [1.807, 2.05) is 0 Å². The van der Waals surface area contributed by atoms with Crippen molar-refractivity contribution in [2.24, 2.45) is 0 Å². The van der Waals surface area contributed by atoms with Crippen molar-refractivity contribution in [3.63, 3.8) is 0 Å². The van der Waals surface area contributed by atoms with Crippen molar-refractivity contribution in [2.75, 3.05) is 33.5 Å². The van der Waals surface area contributed by atoms with Crippen LogP contribution in [0, 0.1) is 0 Å². The van der Waals surface area contributed by atoms with E-state index in [0.29, 0.717) is 38.3 Å². The molecule has 0 fully saturated rings. The first-order valence-corrected chi connectivity index (χ1v) is 6.02. The molecular weight excluding hydrogens is 250 g/mol. The lowest BCUT2D eigenvalue weighted by atomic mass is 10.2.